The number of hydrogen-bond donors (Lipinski definition) is 2. The molecule has 0 unspecified atom stereocenters. The van der Waals surface area contributed by atoms with Crippen LogP contribution in [0.2, 0.25) is 0 Å². The Bertz CT molecular complexity index is 664. The maximum atomic E-state index is 12.6. The molecule has 0 aliphatic heterocycles. The quantitative estimate of drug-likeness (QED) is 0.389. The molecule has 2 N–H and O–H groups in total. The Labute approximate surface area is 185 Å². The molecular weight excluding hydrogens is 398 g/mol. The molecule has 0 aliphatic rings. The molecule has 0 saturated carbocycles. The van der Waals surface area contributed by atoms with Gasteiger partial charge in [0.2, 0.25) is 17.7 Å². The topological polar surface area (TPSA) is 97.0 Å². The van der Waals surface area contributed by atoms with Gasteiger partial charge in [-0.25, -0.2) is 0 Å². The Hall–Kier alpha value is -2.61. The number of amides is 3. The third-order valence-corrected chi connectivity index (χ3v) is 4.78. The van der Waals surface area contributed by atoms with E-state index in [2.05, 4.69) is 17.6 Å². The fourth-order valence-corrected chi connectivity index (χ4v) is 3.02. The van der Waals surface area contributed by atoms with Crippen LogP contribution in [0, 0.1) is 0 Å². The fourth-order valence-electron chi connectivity index (χ4n) is 3.02. The van der Waals surface area contributed by atoms with Crippen molar-refractivity contribution in [3.8, 4) is 5.75 Å². The number of benzene rings is 1. The number of carbonyl (C=O) groups is 3. The number of carbonyl (C=O) groups excluding carboxylic acids is 3. The Morgan fingerprint density at radius 1 is 0.935 bits per heavy atom. The Morgan fingerprint density at radius 3 is 2.29 bits per heavy atom. The Morgan fingerprint density at radius 2 is 1.65 bits per heavy atom. The highest BCUT2D eigenvalue weighted by atomic mass is 16.5. The molecule has 8 nitrogen and oxygen atoms in total. The van der Waals surface area contributed by atoms with Crippen LogP contribution < -0.4 is 15.4 Å². The van der Waals surface area contributed by atoms with Gasteiger partial charge in [0, 0.05) is 32.4 Å². The van der Waals surface area contributed by atoms with Gasteiger partial charge in [-0.2, -0.15) is 0 Å². The molecule has 0 fully saturated rings. The van der Waals surface area contributed by atoms with Crippen molar-refractivity contribution in [2.45, 2.75) is 51.9 Å². The van der Waals surface area contributed by atoms with Crippen molar-refractivity contribution >= 4 is 23.4 Å². The minimum Gasteiger partial charge on any atom is -0.497 e. The standard InChI is InChI=1S/C23H37N3O5/c1-4-5-6-7-8-10-23(29)26(15-9-16-30-2)18-22(28)24-17-21(27)25-19-11-13-20(31-3)14-12-19/h11-14H,4-10,15-18H2,1-3H3,(H,24,28)(H,25,27). The van der Waals surface area contributed by atoms with Crippen molar-refractivity contribution in [2.24, 2.45) is 0 Å². The molecule has 0 radical (unpaired) electrons. The lowest BCUT2D eigenvalue weighted by Crippen LogP contribution is -2.43. The highest BCUT2D eigenvalue weighted by Gasteiger charge is 2.17. The minimum absolute atomic E-state index is 0.0366. The van der Waals surface area contributed by atoms with Gasteiger partial charge >= 0.3 is 0 Å². The van der Waals surface area contributed by atoms with Gasteiger partial charge in [0.1, 0.15) is 5.75 Å². The summed E-state index contributed by atoms with van der Waals surface area (Å²) >= 11 is 0. The summed E-state index contributed by atoms with van der Waals surface area (Å²) in [7, 11) is 3.17. The molecule has 1 aromatic carbocycles. The summed E-state index contributed by atoms with van der Waals surface area (Å²) in [5, 5.41) is 5.29. The molecule has 31 heavy (non-hydrogen) atoms. The SMILES string of the molecule is CCCCCCCC(=O)N(CCCOC)CC(=O)NCC(=O)Nc1ccc(OC)cc1. The van der Waals surface area contributed by atoms with Crippen LogP contribution in [-0.2, 0) is 19.1 Å². The van der Waals surface area contributed by atoms with Crippen LogP contribution in [0.25, 0.3) is 0 Å². The number of anilines is 1. The van der Waals surface area contributed by atoms with E-state index in [-0.39, 0.29) is 30.8 Å². The van der Waals surface area contributed by atoms with Gasteiger partial charge in [0.25, 0.3) is 0 Å². The first-order chi connectivity index (χ1) is 15.0. The third-order valence-electron chi connectivity index (χ3n) is 4.78. The second-order valence-electron chi connectivity index (χ2n) is 7.38. The summed E-state index contributed by atoms with van der Waals surface area (Å²) in [5.74, 6) is -0.0475. The molecule has 0 atom stereocenters. The second kappa shape index (κ2) is 16.1. The number of hydrogen-bond acceptors (Lipinski definition) is 5. The Kier molecular flexibility index (Phi) is 13.7. The summed E-state index contributed by atoms with van der Waals surface area (Å²) < 4.78 is 10.1. The molecule has 0 aromatic heterocycles. The first-order valence-corrected chi connectivity index (χ1v) is 11.0. The van der Waals surface area contributed by atoms with Crippen LogP contribution in [0.3, 0.4) is 0 Å². The average Bonchev–Trinajstić information content (AvgIpc) is 2.77. The first-order valence-electron chi connectivity index (χ1n) is 11.0. The van der Waals surface area contributed by atoms with Crippen LogP contribution in [0.15, 0.2) is 24.3 Å². The van der Waals surface area contributed by atoms with Crippen LogP contribution in [-0.4, -0.2) is 63.1 Å². The highest BCUT2D eigenvalue weighted by molar-refractivity contribution is 5.95. The number of nitrogens with one attached hydrogen (secondary N) is 2. The number of rotatable bonds is 16. The van der Waals surface area contributed by atoms with Crippen molar-refractivity contribution in [1.29, 1.82) is 0 Å². The Balaban J connectivity index is 2.44. The van der Waals surface area contributed by atoms with Crippen LogP contribution in [0.1, 0.15) is 51.9 Å². The number of ether oxygens (including phenoxy) is 2. The van der Waals surface area contributed by atoms with E-state index >= 15 is 0 Å². The molecule has 0 aliphatic carbocycles. The highest BCUT2D eigenvalue weighted by Crippen LogP contribution is 2.14. The smallest absolute Gasteiger partial charge is 0.243 e. The summed E-state index contributed by atoms with van der Waals surface area (Å²) in [4.78, 5) is 38.5. The molecule has 8 heteroatoms. The van der Waals surface area contributed by atoms with Gasteiger partial charge in [0.05, 0.1) is 20.2 Å². The summed E-state index contributed by atoms with van der Waals surface area (Å²) in [6, 6.07) is 6.91. The molecule has 3 amide bonds. The molecule has 0 saturated heterocycles. The summed E-state index contributed by atoms with van der Waals surface area (Å²) in [6.45, 7) is 2.90. The zero-order chi connectivity index (χ0) is 22.9. The molecule has 0 bridgehead atoms. The molecule has 1 aromatic rings. The number of nitrogens with zero attached hydrogens (tertiary/aromatic N) is 1. The van der Waals surface area contributed by atoms with Crippen molar-refractivity contribution < 1.29 is 23.9 Å². The zero-order valence-electron chi connectivity index (χ0n) is 19.1. The van der Waals surface area contributed by atoms with Gasteiger partial charge in [-0.05, 0) is 37.1 Å². The van der Waals surface area contributed by atoms with Gasteiger partial charge in [-0.15, -0.1) is 0 Å². The summed E-state index contributed by atoms with van der Waals surface area (Å²) in [6.07, 6.45) is 6.38. The lowest BCUT2D eigenvalue weighted by atomic mass is 10.1. The van der Waals surface area contributed by atoms with E-state index in [0.717, 1.165) is 25.7 Å². The van der Waals surface area contributed by atoms with Gasteiger partial charge in [-0.1, -0.05) is 32.6 Å². The van der Waals surface area contributed by atoms with Crippen LogP contribution in [0.5, 0.6) is 5.75 Å². The van der Waals surface area contributed by atoms with E-state index in [9.17, 15) is 14.4 Å². The number of methoxy groups -OCH3 is 2. The van der Waals surface area contributed by atoms with E-state index in [1.165, 1.54) is 6.42 Å². The van der Waals surface area contributed by atoms with E-state index in [4.69, 9.17) is 9.47 Å². The second-order valence-corrected chi connectivity index (χ2v) is 7.38. The molecule has 0 spiro atoms. The van der Waals surface area contributed by atoms with Crippen molar-refractivity contribution in [1.82, 2.24) is 10.2 Å². The lowest BCUT2D eigenvalue weighted by Gasteiger charge is -2.22. The van der Waals surface area contributed by atoms with E-state index in [1.807, 2.05) is 0 Å². The van der Waals surface area contributed by atoms with Gasteiger partial charge in [0.15, 0.2) is 0 Å². The molecular formula is C23H37N3O5. The normalized spacial score (nSPS) is 10.4. The maximum Gasteiger partial charge on any atom is 0.243 e. The first kappa shape index (κ1) is 26.4. The zero-order valence-corrected chi connectivity index (χ0v) is 19.1. The molecule has 174 valence electrons. The largest absolute Gasteiger partial charge is 0.497 e. The number of unbranched alkanes of at least 4 members (excludes halogenated alkanes) is 4. The van der Waals surface area contributed by atoms with Crippen molar-refractivity contribution in [2.75, 3.05) is 45.8 Å². The van der Waals surface area contributed by atoms with Gasteiger partial charge in [-0.3, -0.25) is 14.4 Å². The minimum atomic E-state index is -0.360. The van der Waals surface area contributed by atoms with Crippen LogP contribution >= 0.6 is 0 Å². The fraction of sp³-hybridized carbons (Fsp3) is 0.609. The predicted octanol–water partition coefficient (Wildman–Crippen LogP) is 2.98. The monoisotopic (exact) mass is 435 g/mol. The molecule has 1 rings (SSSR count). The molecule has 0 heterocycles. The van der Waals surface area contributed by atoms with Gasteiger partial charge < -0.3 is 25.0 Å². The lowest BCUT2D eigenvalue weighted by molar-refractivity contribution is -0.136. The van der Waals surface area contributed by atoms with E-state index < -0.39 is 0 Å². The van der Waals surface area contributed by atoms with Crippen molar-refractivity contribution in [3.05, 3.63) is 24.3 Å². The van der Waals surface area contributed by atoms with Crippen LogP contribution in [0.4, 0.5) is 5.69 Å². The van der Waals surface area contributed by atoms with E-state index in [1.54, 1.807) is 43.4 Å². The van der Waals surface area contributed by atoms with E-state index in [0.29, 0.717) is 37.4 Å². The third kappa shape index (κ3) is 12.0. The average molecular weight is 436 g/mol. The maximum absolute atomic E-state index is 12.6. The van der Waals surface area contributed by atoms with Crippen molar-refractivity contribution in [3.63, 3.8) is 0 Å². The predicted molar refractivity (Wildman–Crippen MR) is 121 cm³/mol. The summed E-state index contributed by atoms with van der Waals surface area (Å²) in [5.41, 5.74) is 0.611.